The van der Waals surface area contributed by atoms with Crippen molar-refractivity contribution < 1.29 is 13.6 Å². The summed E-state index contributed by atoms with van der Waals surface area (Å²) in [7, 11) is -3.20. The summed E-state index contributed by atoms with van der Waals surface area (Å²) in [6, 6.07) is 5.16. The van der Waals surface area contributed by atoms with Crippen LogP contribution in [0.5, 0.6) is 0 Å². The van der Waals surface area contributed by atoms with Gasteiger partial charge in [-0.3, -0.25) is 4.52 Å². The van der Waals surface area contributed by atoms with Gasteiger partial charge in [-0.2, -0.15) is 0 Å². The van der Waals surface area contributed by atoms with Crippen LogP contribution in [0.4, 0.5) is 0 Å². The topological polar surface area (TPSA) is 35.5 Å². The first-order valence-corrected chi connectivity index (χ1v) is 6.47. The molecule has 0 amide bonds. The lowest BCUT2D eigenvalue weighted by molar-refractivity contribution is 0.272. The molecule has 0 aromatic heterocycles. The molecule has 0 bridgehead atoms. The standard InChI is InChI=1S/C10H10ClO3P/c1-2-13-15(12)10-7-9(11)4-3-8(10)5-6-14-15/h3-7H,2H2,1H3. The molecule has 0 fully saturated rings. The molecule has 5 heteroatoms. The molecule has 1 unspecified atom stereocenters. The molecule has 2 rings (SSSR count). The molecule has 15 heavy (non-hydrogen) atoms. The van der Waals surface area contributed by atoms with Gasteiger partial charge >= 0.3 is 7.60 Å². The fraction of sp³-hybridized carbons (Fsp3) is 0.200. The van der Waals surface area contributed by atoms with Crippen LogP contribution in [0.2, 0.25) is 5.02 Å². The molecule has 1 aliphatic heterocycles. The summed E-state index contributed by atoms with van der Waals surface area (Å²) in [6.45, 7) is 2.10. The first kappa shape index (κ1) is 10.7. The maximum absolute atomic E-state index is 12.3. The molecular weight excluding hydrogens is 235 g/mol. The molecule has 0 radical (unpaired) electrons. The van der Waals surface area contributed by atoms with E-state index in [2.05, 4.69) is 0 Å². The lowest BCUT2D eigenvalue weighted by Crippen LogP contribution is -2.14. The normalized spacial score (nSPS) is 23.3. The molecule has 1 aromatic rings. The Kier molecular flexibility index (Phi) is 2.87. The fourth-order valence-corrected chi connectivity index (χ4v) is 3.29. The molecule has 0 saturated heterocycles. The number of hydrogen-bond acceptors (Lipinski definition) is 3. The maximum atomic E-state index is 12.3. The van der Waals surface area contributed by atoms with Gasteiger partial charge in [0.15, 0.2) is 0 Å². The lowest BCUT2D eigenvalue weighted by Gasteiger charge is -2.21. The average Bonchev–Trinajstić information content (AvgIpc) is 2.20. The smallest absolute Gasteiger partial charge is 0.410 e. The lowest BCUT2D eigenvalue weighted by atomic mass is 10.2. The second-order valence-corrected chi connectivity index (χ2v) is 5.41. The second-order valence-electron chi connectivity index (χ2n) is 3.03. The van der Waals surface area contributed by atoms with Crippen molar-refractivity contribution in [2.75, 3.05) is 6.61 Å². The van der Waals surface area contributed by atoms with E-state index in [1.54, 1.807) is 31.2 Å². The summed E-state index contributed by atoms with van der Waals surface area (Å²) in [4.78, 5) is 0. The van der Waals surface area contributed by atoms with Gasteiger partial charge in [0.25, 0.3) is 0 Å². The van der Waals surface area contributed by atoms with Crippen molar-refractivity contribution in [1.29, 1.82) is 0 Å². The third-order valence-electron chi connectivity index (χ3n) is 2.03. The third kappa shape index (κ3) is 1.96. The van der Waals surface area contributed by atoms with Crippen LogP contribution in [0.3, 0.4) is 0 Å². The van der Waals surface area contributed by atoms with Gasteiger partial charge in [-0.15, -0.1) is 0 Å². The molecule has 3 nitrogen and oxygen atoms in total. The first-order chi connectivity index (χ1) is 7.15. The minimum atomic E-state index is -3.20. The van der Waals surface area contributed by atoms with Gasteiger partial charge in [-0.25, -0.2) is 4.57 Å². The number of halogens is 1. The summed E-state index contributed by atoms with van der Waals surface area (Å²) in [5.41, 5.74) is 0.822. The predicted molar refractivity (Wildman–Crippen MR) is 60.4 cm³/mol. The Morgan fingerprint density at radius 2 is 2.33 bits per heavy atom. The Morgan fingerprint density at radius 3 is 3.07 bits per heavy atom. The Labute approximate surface area is 93.2 Å². The van der Waals surface area contributed by atoms with Crippen LogP contribution in [-0.4, -0.2) is 6.61 Å². The molecule has 1 aliphatic rings. The summed E-state index contributed by atoms with van der Waals surface area (Å²) >= 11 is 5.85. The molecule has 0 spiro atoms. The zero-order valence-corrected chi connectivity index (χ0v) is 9.79. The van der Waals surface area contributed by atoms with Crippen molar-refractivity contribution in [3.05, 3.63) is 35.0 Å². The van der Waals surface area contributed by atoms with E-state index < -0.39 is 7.60 Å². The first-order valence-electron chi connectivity index (χ1n) is 4.55. The second kappa shape index (κ2) is 4.01. The van der Waals surface area contributed by atoms with E-state index in [1.165, 1.54) is 6.26 Å². The molecular formula is C10H10ClO3P. The number of fused-ring (bicyclic) bond motifs is 1. The average molecular weight is 245 g/mol. The molecule has 0 saturated carbocycles. The van der Waals surface area contributed by atoms with E-state index in [4.69, 9.17) is 20.6 Å². The minimum absolute atomic E-state index is 0.330. The molecule has 0 N–H and O–H groups in total. The highest BCUT2D eigenvalue weighted by Crippen LogP contribution is 2.50. The molecule has 1 aromatic carbocycles. The van der Waals surface area contributed by atoms with Crippen LogP contribution in [0.15, 0.2) is 24.5 Å². The van der Waals surface area contributed by atoms with E-state index in [9.17, 15) is 4.57 Å². The molecule has 1 atom stereocenters. The maximum Gasteiger partial charge on any atom is 0.410 e. The van der Waals surface area contributed by atoms with E-state index in [0.29, 0.717) is 16.9 Å². The van der Waals surface area contributed by atoms with Crippen molar-refractivity contribution in [2.24, 2.45) is 0 Å². The fourth-order valence-electron chi connectivity index (χ4n) is 1.41. The minimum Gasteiger partial charge on any atom is -0.429 e. The quantitative estimate of drug-likeness (QED) is 0.750. The Balaban J connectivity index is 2.54. The van der Waals surface area contributed by atoms with Crippen LogP contribution in [0.1, 0.15) is 12.5 Å². The van der Waals surface area contributed by atoms with E-state index in [1.807, 2.05) is 0 Å². The van der Waals surface area contributed by atoms with Crippen molar-refractivity contribution in [3.63, 3.8) is 0 Å². The van der Waals surface area contributed by atoms with Crippen LogP contribution in [0.25, 0.3) is 6.08 Å². The highest BCUT2D eigenvalue weighted by molar-refractivity contribution is 7.62. The number of benzene rings is 1. The van der Waals surface area contributed by atoms with Crippen molar-refractivity contribution >= 4 is 30.6 Å². The number of rotatable bonds is 2. The van der Waals surface area contributed by atoms with Crippen molar-refractivity contribution in [2.45, 2.75) is 6.92 Å². The highest BCUT2D eigenvalue weighted by Gasteiger charge is 2.32. The van der Waals surface area contributed by atoms with Gasteiger partial charge in [-0.05, 0) is 30.7 Å². The van der Waals surface area contributed by atoms with Gasteiger partial charge in [0.2, 0.25) is 0 Å². The van der Waals surface area contributed by atoms with Crippen LogP contribution >= 0.6 is 19.2 Å². The van der Waals surface area contributed by atoms with Crippen LogP contribution in [-0.2, 0) is 13.6 Å². The summed E-state index contributed by atoms with van der Waals surface area (Å²) < 4.78 is 22.5. The van der Waals surface area contributed by atoms with E-state index in [0.717, 1.165) is 5.56 Å². The molecule has 80 valence electrons. The van der Waals surface area contributed by atoms with Gasteiger partial charge < -0.3 is 4.52 Å². The zero-order valence-electron chi connectivity index (χ0n) is 8.14. The molecule has 1 heterocycles. The molecule has 0 aliphatic carbocycles. The largest absolute Gasteiger partial charge is 0.429 e. The Morgan fingerprint density at radius 1 is 1.53 bits per heavy atom. The predicted octanol–water partition coefficient (Wildman–Crippen LogP) is 3.20. The summed E-state index contributed by atoms with van der Waals surface area (Å²) in [5.74, 6) is 0. The van der Waals surface area contributed by atoms with Gasteiger partial charge in [-0.1, -0.05) is 17.7 Å². The summed E-state index contributed by atoms with van der Waals surface area (Å²) in [6.07, 6.45) is 3.13. The van der Waals surface area contributed by atoms with Crippen molar-refractivity contribution in [1.82, 2.24) is 0 Å². The Bertz CT molecular complexity index is 456. The third-order valence-corrected chi connectivity index (χ3v) is 4.24. The van der Waals surface area contributed by atoms with Crippen molar-refractivity contribution in [3.8, 4) is 0 Å². The van der Waals surface area contributed by atoms with Gasteiger partial charge in [0.05, 0.1) is 18.2 Å². The highest BCUT2D eigenvalue weighted by atomic mass is 35.5. The Hall–Kier alpha value is -0.760. The van der Waals surface area contributed by atoms with E-state index in [-0.39, 0.29) is 0 Å². The summed E-state index contributed by atoms with van der Waals surface area (Å²) in [5, 5.41) is 1.05. The number of hydrogen-bond donors (Lipinski definition) is 0. The zero-order chi connectivity index (χ0) is 10.9. The SMILES string of the molecule is CCOP1(=O)OC=Cc2ccc(Cl)cc21. The van der Waals surface area contributed by atoms with Gasteiger partial charge in [0.1, 0.15) is 0 Å². The van der Waals surface area contributed by atoms with E-state index >= 15 is 0 Å². The van der Waals surface area contributed by atoms with Crippen LogP contribution < -0.4 is 5.30 Å². The monoisotopic (exact) mass is 244 g/mol. The van der Waals surface area contributed by atoms with Gasteiger partial charge in [0, 0.05) is 5.02 Å². The van der Waals surface area contributed by atoms with Crippen LogP contribution in [0, 0.1) is 0 Å².